The molecule has 0 spiro atoms. The van der Waals surface area contributed by atoms with Gasteiger partial charge in [-0.3, -0.25) is 24.6 Å². The van der Waals surface area contributed by atoms with Gasteiger partial charge in [0.15, 0.2) is 0 Å². The quantitative estimate of drug-likeness (QED) is 0.577. The predicted octanol–water partition coefficient (Wildman–Crippen LogP) is 0.247. The number of carbonyl (C=O) groups excluding carboxylic acids is 2. The van der Waals surface area contributed by atoms with Gasteiger partial charge in [0.05, 0.1) is 16.3 Å². The third-order valence-electron chi connectivity index (χ3n) is 4.50. The predicted molar refractivity (Wildman–Crippen MR) is 99.9 cm³/mol. The van der Waals surface area contributed by atoms with Gasteiger partial charge in [-0.1, -0.05) is 24.3 Å². The van der Waals surface area contributed by atoms with Gasteiger partial charge in [0.1, 0.15) is 11.3 Å². The fraction of sp³-hybridized carbons (Fsp3) is 0.0500. The van der Waals surface area contributed by atoms with Crippen LogP contribution in [0.5, 0.6) is 5.75 Å². The number of aromatic nitrogens is 2. The molecule has 134 valence electrons. The van der Waals surface area contributed by atoms with Gasteiger partial charge in [-0.15, -0.1) is 0 Å². The van der Waals surface area contributed by atoms with Crippen LogP contribution in [0.15, 0.2) is 53.3 Å². The Hall–Kier alpha value is -3.87. The van der Waals surface area contributed by atoms with Crippen molar-refractivity contribution < 1.29 is 14.7 Å². The van der Waals surface area contributed by atoms with Crippen LogP contribution in [0.4, 0.5) is 5.69 Å². The number of nitrogens with zero attached hydrogens (tertiary/aromatic N) is 1. The number of amides is 1. The Morgan fingerprint density at radius 2 is 1.78 bits per heavy atom. The second-order valence-electron chi connectivity index (χ2n) is 6.19. The van der Waals surface area contributed by atoms with Crippen LogP contribution in [0, 0.1) is 0 Å². The molecule has 1 aromatic heterocycles. The third kappa shape index (κ3) is 2.65. The molecule has 0 atom stereocenters. The molecular weight excluding hydrogens is 346 g/mol. The number of phenolic OH excluding ortho intramolecular Hbond substituents is 1. The molecule has 3 aromatic rings. The van der Waals surface area contributed by atoms with Crippen molar-refractivity contribution in [1.82, 2.24) is 10.2 Å². The van der Waals surface area contributed by atoms with Crippen LogP contribution < -0.4 is 21.0 Å². The average molecular weight is 361 g/mol. The van der Waals surface area contributed by atoms with Crippen LogP contribution in [-0.4, -0.2) is 34.0 Å². The lowest BCUT2D eigenvalue weighted by molar-refractivity contribution is -0.113. The van der Waals surface area contributed by atoms with E-state index in [0.717, 1.165) is 0 Å². The molecule has 4 rings (SSSR count). The molecule has 0 bridgehead atoms. The normalized spacial score (nSPS) is 16.6. The second kappa shape index (κ2) is 6.14. The summed E-state index contributed by atoms with van der Waals surface area (Å²) in [5.74, 6) is -0.905. The van der Waals surface area contributed by atoms with Crippen molar-refractivity contribution >= 4 is 29.0 Å². The molecule has 1 amide bonds. The minimum atomic E-state index is -0.500. The maximum absolute atomic E-state index is 13.0. The molecule has 27 heavy (non-hydrogen) atoms. The third-order valence-corrected chi connectivity index (χ3v) is 4.50. The van der Waals surface area contributed by atoms with Gasteiger partial charge < -0.3 is 10.0 Å². The second-order valence-corrected chi connectivity index (χ2v) is 6.19. The molecule has 2 aromatic carbocycles. The number of aromatic hydroxyl groups is 1. The summed E-state index contributed by atoms with van der Waals surface area (Å²) in [6.07, 6.45) is 1.51. The summed E-state index contributed by atoms with van der Waals surface area (Å²) >= 11 is 0. The summed E-state index contributed by atoms with van der Waals surface area (Å²) in [4.78, 5) is 39.5. The van der Waals surface area contributed by atoms with Crippen LogP contribution in [0.1, 0.15) is 15.9 Å². The average Bonchev–Trinajstić information content (AvgIpc) is 3.01. The molecule has 0 radical (unpaired) electrons. The smallest absolute Gasteiger partial charge is 0.271 e. The van der Waals surface area contributed by atoms with Crippen molar-refractivity contribution in [2.75, 3.05) is 11.9 Å². The first-order chi connectivity index (χ1) is 13.0. The van der Waals surface area contributed by atoms with E-state index in [-0.39, 0.29) is 21.9 Å². The SMILES string of the molecule is CN1C(=O)C(=c2[nH][nH]c(=O)c2=Cc2cccc(O)c2)C(=O)c2ccccc21. The minimum Gasteiger partial charge on any atom is -0.508 e. The topological polar surface area (TPSA) is 106 Å². The van der Waals surface area contributed by atoms with Crippen molar-refractivity contribution in [2.45, 2.75) is 0 Å². The van der Waals surface area contributed by atoms with E-state index in [2.05, 4.69) is 10.2 Å². The number of para-hydroxylation sites is 1. The number of rotatable bonds is 1. The van der Waals surface area contributed by atoms with E-state index >= 15 is 0 Å². The number of carbonyl (C=O) groups is 2. The number of phenols is 1. The van der Waals surface area contributed by atoms with E-state index in [9.17, 15) is 19.5 Å². The highest BCUT2D eigenvalue weighted by Gasteiger charge is 2.33. The number of Topliss-reactive ketones (excluding diaryl/α,β-unsaturated/α-hetero) is 1. The van der Waals surface area contributed by atoms with Gasteiger partial charge in [0, 0.05) is 12.6 Å². The Kier molecular flexibility index (Phi) is 3.77. The first-order valence-corrected chi connectivity index (χ1v) is 8.21. The molecule has 0 aliphatic carbocycles. The zero-order chi connectivity index (χ0) is 19.1. The number of ketones is 1. The molecule has 1 aliphatic heterocycles. The van der Waals surface area contributed by atoms with E-state index in [1.54, 1.807) is 43.4 Å². The van der Waals surface area contributed by atoms with E-state index in [1.807, 2.05) is 0 Å². The van der Waals surface area contributed by atoms with Crippen LogP contribution in [0.25, 0.3) is 11.6 Å². The van der Waals surface area contributed by atoms with Crippen molar-refractivity contribution in [1.29, 1.82) is 0 Å². The standard InChI is InChI=1S/C20H15N3O4/c1-23-15-8-3-2-7-13(15)18(25)16(20(23)27)17-14(19(26)22-21-17)10-11-5-4-6-12(24)9-11/h2-10,21,24H,1H3,(H,22,26). The van der Waals surface area contributed by atoms with Crippen LogP contribution in [0.3, 0.4) is 0 Å². The summed E-state index contributed by atoms with van der Waals surface area (Å²) in [6.45, 7) is 0. The number of benzene rings is 2. The van der Waals surface area contributed by atoms with Crippen molar-refractivity contribution in [3.8, 4) is 5.75 Å². The maximum atomic E-state index is 13.0. The summed E-state index contributed by atoms with van der Waals surface area (Å²) in [5, 5.41) is 15.0. The number of hydrogen-bond acceptors (Lipinski definition) is 4. The van der Waals surface area contributed by atoms with Crippen LogP contribution in [-0.2, 0) is 4.79 Å². The molecular formula is C20H15N3O4. The largest absolute Gasteiger partial charge is 0.508 e. The maximum Gasteiger partial charge on any atom is 0.271 e. The van der Waals surface area contributed by atoms with Crippen LogP contribution in [0.2, 0.25) is 0 Å². The Balaban J connectivity index is 2.05. The zero-order valence-electron chi connectivity index (χ0n) is 14.3. The van der Waals surface area contributed by atoms with Gasteiger partial charge >= 0.3 is 0 Å². The van der Waals surface area contributed by atoms with E-state index in [1.165, 1.54) is 23.1 Å². The van der Waals surface area contributed by atoms with Gasteiger partial charge in [0.25, 0.3) is 11.5 Å². The van der Waals surface area contributed by atoms with E-state index in [0.29, 0.717) is 16.8 Å². The summed E-state index contributed by atoms with van der Waals surface area (Å²) in [5.41, 5.74) is 0.892. The van der Waals surface area contributed by atoms with Gasteiger partial charge in [-0.2, -0.15) is 0 Å². The summed E-state index contributed by atoms with van der Waals surface area (Å²) < 4.78 is 0. The molecule has 0 saturated heterocycles. The first kappa shape index (κ1) is 16.6. The number of hydrogen-bond donors (Lipinski definition) is 3. The fourth-order valence-corrected chi connectivity index (χ4v) is 3.17. The lowest BCUT2D eigenvalue weighted by Gasteiger charge is -2.25. The minimum absolute atomic E-state index is 0.0448. The summed E-state index contributed by atoms with van der Waals surface area (Å²) in [7, 11) is 1.58. The lowest BCUT2D eigenvalue weighted by atomic mass is 9.95. The molecule has 1 aliphatic rings. The molecule has 0 saturated carbocycles. The van der Waals surface area contributed by atoms with E-state index < -0.39 is 17.2 Å². The van der Waals surface area contributed by atoms with Crippen LogP contribution >= 0.6 is 0 Å². The number of anilines is 1. The Labute approximate surface area is 152 Å². The van der Waals surface area contributed by atoms with E-state index in [4.69, 9.17) is 0 Å². The number of aromatic amines is 2. The molecule has 2 heterocycles. The monoisotopic (exact) mass is 361 g/mol. The number of H-pyrrole nitrogens is 2. The molecule has 7 nitrogen and oxygen atoms in total. The Morgan fingerprint density at radius 3 is 2.56 bits per heavy atom. The highest BCUT2D eigenvalue weighted by atomic mass is 16.3. The fourth-order valence-electron chi connectivity index (χ4n) is 3.17. The number of nitrogens with one attached hydrogen (secondary N) is 2. The molecule has 0 fully saturated rings. The van der Waals surface area contributed by atoms with Gasteiger partial charge in [0.2, 0.25) is 5.78 Å². The van der Waals surface area contributed by atoms with Crippen molar-refractivity contribution in [3.63, 3.8) is 0 Å². The first-order valence-electron chi connectivity index (χ1n) is 8.21. The summed E-state index contributed by atoms with van der Waals surface area (Å²) in [6, 6.07) is 13.1. The number of fused-ring (bicyclic) bond motifs is 1. The van der Waals surface area contributed by atoms with Crippen molar-refractivity contribution in [3.05, 3.63) is 80.6 Å². The Morgan fingerprint density at radius 1 is 1.00 bits per heavy atom. The zero-order valence-corrected chi connectivity index (χ0v) is 14.3. The highest BCUT2D eigenvalue weighted by Crippen LogP contribution is 2.28. The van der Waals surface area contributed by atoms with Gasteiger partial charge in [-0.05, 0) is 35.9 Å². The van der Waals surface area contributed by atoms with Gasteiger partial charge in [-0.25, -0.2) is 0 Å². The van der Waals surface area contributed by atoms with Crippen molar-refractivity contribution in [2.24, 2.45) is 0 Å². The molecule has 0 unspecified atom stereocenters. The molecule has 3 N–H and O–H groups in total. The highest BCUT2D eigenvalue weighted by molar-refractivity contribution is 6.51. The Bertz CT molecular complexity index is 1270. The molecule has 7 heteroatoms. The lowest BCUT2D eigenvalue weighted by Crippen LogP contribution is -2.44.